The van der Waals surface area contributed by atoms with Crippen molar-refractivity contribution in [3.8, 4) is 0 Å². The van der Waals surface area contributed by atoms with Crippen LogP contribution < -0.4 is 0 Å². The summed E-state index contributed by atoms with van der Waals surface area (Å²) in [5, 5.41) is 0. The monoisotopic (exact) mass is 263 g/mol. The van der Waals surface area contributed by atoms with Gasteiger partial charge in [-0.05, 0) is 30.7 Å². The molecule has 5 heteroatoms. The number of carbonyl (C=O) groups excluding carboxylic acids is 3. The molecular weight excluding hydrogens is 249 g/mol. The normalized spacial score (nSPS) is 15.1. The van der Waals surface area contributed by atoms with Gasteiger partial charge in [0.05, 0.1) is 0 Å². The second-order valence-corrected chi connectivity index (χ2v) is 4.47. The maximum absolute atomic E-state index is 12.7. The zero-order valence-electron chi connectivity index (χ0n) is 10.4. The molecule has 0 radical (unpaired) electrons. The van der Waals surface area contributed by atoms with Gasteiger partial charge in [0, 0.05) is 31.4 Å². The van der Waals surface area contributed by atoms with E-state index in [9.17, 15) is 18.8 Å². The van der Waals surface area contributed by atoms with Crippen LogP contribution in [0.3, 0.4) is 0 Å². The number of benzene rings is 1. The average molecular weight is 263 g/mol. The van der Waals surface area contributed by atoms with Gasteiger partial charge in [-0.1, -0.05) is 0 Å². The summed E-state index contributed by atoms with van der Waals surface area (Å²) in [5.74, 6) is -0.831. The highest BCUT2D eigenvalue weighted by molar-refractivity contribution is 6.02. The van der Waals surface area contributed by atoms with Crippen molar-refractivity contribution in [1.29, 1.82) is 0 Å². The maximum Gasteiger partial charge on any atom is 0.229 e. The summed E-state index contributed by atoms with van der Waals surface area (Å²) in [4.78, 5) is 35.7. The van der Waals surface area contributed by atoms with E-state index in [0.717, 1.165) is 0 Å². The first-order valence-corrected chi connectivity index (χ1v) is 6.20. The van der Waals surface area contributed by atoms with E-state index in [1.165, 1.54) is 29.2 Å². The molecule has 0 aromatic heterocycles. The molecule has 1 saturated heterocycles. The highest BCUT2D eigenvalue weighted by atomic mass is 19.1. The average Bonchev–Trinajstić information content (AvgIpc) is 2.71. The molecule has 0 N–H and O–H groups in total. The highest BCUT2D eigenvalue weighted by Crippen LogP contribution is 2.13. The largest absolute Gasteiger partial charge is 0.294 e. The lowest BCUT2D eigenvalue weighted by Crippen LogP contribution is -2.30. The minimum Gasteiger partial charge on any atom is -0.294 e. The lowest BCUT2D eigenvalue weighted by molar-refractivity contribution is -0.138. The van der Waals surface area contributed by atoms with Crippen molar-refractivity contribution >= 4 is 17.6 Å². The molecule has 19 heavy (non-hydrogen) atoms. The van der Waals surface area contributed by atoms with Crippen LogP contribution in [0, 0.1) is 5.82 Å². The predicted molar refractivity (Wildman–Crippen MR) is 65.9 cm³/mol. The topological polar surface area (TPSA) is 54.5 Å². The van der Waals surface area contributed by atoms with Gasteiger partial charge in [-0.15, -0.1) is 0 Å². The molecule has 2 amide bonds. The molecule has 0 atom stereocenters. The molecule has 0 spiro atoms. The van der Waals surface area contributed by atoms with Crippen LogP contribution in [0.4, 0.5) is 4.39 Å². The van der Waals surface area contributed by atoms with Gasteiger partial charge in [0.2, 0.25) is 11.8 Å². The van der Waals surface area contributed by atoms with E-state index in [1.54, 1.807) is 0 Å². The fourth-order valence-electron chi connectivity index (χ4n) is 2.05. The van der Waals surface area contributed by atoms with E-state index in [0.29, 0.717) is 12.0 Å². The Bertz CT molecular complexity index is 494. The fraction of sp³-hybridized carbons (Fsp3) is 0.357. The molecule has 1 aromatic rings. The van der Waals surface area contributed by atoms with Crippen LogP contribution in [-0.2, 0) is 9.59 Å². The van der Waals surface area contributed by atoms with Crippen molar-refractivity contribution in [2.24, 2.45) is 0 Å². The number of Topliss-reactive ketones (excluding diaryl/α,β-unsaturated/α-hetero) is 1. The summed E-state index contributed by atoms with van der Waals surface area (Å²) in [5.41, 5.74) is 0.445. The molecule has 4 nitrogen and oxygen atoms in total. The maximum atomic E-state index is 12.7. The molecule has 0 saturated carbocycles. The standard InChI is InChI=1S/C14H14FNO3/c15-11-5-3-10(4-6-11)12(17)2-1-9-16-13(18)7-8-14(16)19/h3-6H,1-2,7-9H2. The molecule has 1 heterocycles. The Labute approximate surface area is 110 Å². The van der Waals surface area contributed by atoms with E-state index in [4.69, 9.17) is 0 Å². The molecule has 1 fully saturated rings. The number of carbonyl (C=O) groups is 3. The van der Waals surface area contributed by atoms with Crippen LogP contribution >= 0.6 is 0 Å². The zero-order valence-corrected chi connectivity index (χ0v) is 10.4. The Morgan fingerprint density at radius 3 is 2.26 bits per heavy atom. The third-order valence-electron chi connectivity index (χ3n) is 3.11. The third kappa shape index (κ3) is 3.24. The van der Waals surface area contributed by atoms with Gasteiger partial charge in [0.1, 0.15) is 5.82 Å². The Morgan fingerprint density at radius 1 is 1.11 bits per heavy atom. The first-order valence-electron chi connectivity index (χ1n) is 6.20. The molecule has 1 aromatic carbocycles. The molecular formula is C14H14FNO3. The van der Waals surface area contributed by atoms with Crippen molar-refractivity contribution in [2.75, 3.05) is 6.54 Å². The summed E-state index contributed by atoms with van der Waals surface area (Å²) in [6.07, 6.45) is 1.21. The predicted octanol–water partition coefficient (Wildman–Crippen LogP) is 1.94. The summed E-state index contributed by atoms with van der Waals surface area (Å²) in [6, 6.07) is 5.34. The molecule has 1 aliphatic rings. The number of likely N-dealkylation sites (tertiary alicyclic amines) is 1. The Kier molecular flexibility index (Phi) is 4.04. The van der Waals surface area contributed by atoms with Crippen LogP contribution in [0.25, 0.3) is 0 Å². The van der Waals surface area contributed by atoms with Crippen molar-refractivity contribution in [2.45, 2.75) is 25.7 Å². The zero-order chi connectivity index (χ0) is 13.8. The van der Waals surface area contributed by atoms with Crippen LogP contribution in [0.5, 0.6) is 0 Å². The van der Waals surface area contributed by atoms with Gasteiger partial charge in [-0.2, -0.15) is 0 Å². The Hall–Kier alpha value is -2.04. The summed E-state index contributed by atoms with van der Waals surface area (Å²) in [7, 11) is 0. The minimum atomic E-state index is -0.384. The van der Waals surface area contributed by atoms with Gasteiger partial charge in [-0.25, -0.2) is 4.39 Å². The third-order valence-corrected chi connectivity index (χ3v) is 3.11. The first kappa shape index (κ1) is 13.4. The Morgan fingerprint density at radius 2 is 1.68 bits per heavy atom. The number of rotatable bonds is 5. The molecule has 2 rings (SSSR count). The molecule has 0 bridgehead atoms. The van der Waals surface area contributed by atoms with Crippen molar-refractivity contribution < 1.29 is 18.8 Å². The van der Waals surface area contributed by atoms with Crippen molar-refractivity contribution in [3.63, 3.8) is 0 Å². The molecule has 0 aliphatic carbocycles. The van der Waals surface area contributed by atoms with Crippen LogP contribution in [-0.4, -0.2) is 29.0 Å². The fourth-order valence-corrected chi connectivity index (χ4v) is 2.05. The second kappa shape index (κ2) is 5.73. The van der Waals surface area contributed by atoms with Crippen LogP contribution in [0.15, 0.2) is 24.3 Å². The van der Waals surface area contributed by atoms with Gasteiger partial charge in [0.15, 0.2) is 5.78 Å². The summed E-state index contributed by atoms with van der Waals surface area (Å²) >= 11 is 0. The van der Waals surface area contributed by atoms with Gasteiger partial charge < -0.3 is 0 Å². The van der Waals surface area contributed by atoms with Crippen molar-refractivity contribution in [3.05, 3.63) is 35.6 Å². The van der Waals surface area contributed by atoms with E-state index in [2.05, 4.69) is 0 Å². The Balaban J connectivity index is 1.82. The molecule has 100 valence electrons. The van der Waals surface area contributed by atoms with Crippen LogP contribution in [0.1, 0.15) is 36.0 Å². The molecule has 1 aliphatic heterocycles. The van der Waals surface area contributed by atoms with Crippen LogP contribution in [0.2, 0.25) is 0 Å². The van der Waals surface area contributed by atoms with E-state index < -0.39 is 0 Å². The smallest absolute Gasteiger partial charge is 0.229 e. The number of hydrogen-bond acceptors (Lipinski definition) is 3. The lowest BCUT2D eigenvalue weighted by Gasteiger charge is -2.12. The second-order valence-electron chi connectivity index (χ2n) is 4.47. The van der Waals surface area contributed by atoms with Gasteiger partial charge in [0.25, 0.3) is 0 Å². The van der Waals surface area contributed by atoms with E-state index in [1.807, 2.05) is 0 Å². The summed E-state index contributed by atoms with van der Waals surface area (Å²) < 4.78 is 12.7. The van der Waals surface area contributed by atoms with Gasteiger partial charge in [-0.3, -0.25) is 19.3 Å². The van der Waals surface area contributed by atoms with Gasteiger partial charge >= 0.3 is 0 Å². The summed E-state index contributed by atoms with van der Waals surface area (Å²) in [6.45, 7) is 0.282. The van der Waals surface area contributed by atoms with Crippen molar-refractivity contribution in [1.82, 2.24) is 4.90 Å². The number of imide groups is 1. The number of nitrogens with zero attached hydrogens (tertiary/aromatic N) is 1. The number of halogens is 1. The quantitative estimate of drug-likeness (QED) is 0.602. The van der Waals surface area contributed by atoms with E-state index >= 15 is 0 Å². The first-order chi connectivity index (χ1) is 9.08. The SMILES string of the molecule is O=C(CCCN1C(=O)CCC1=O)c1ccc(F)cc1. The number of hydrogen-bond donors (Lipinski definition) is 0. The number of amides is 2. The number of ketones is 1. The highest BCUT2D eigenvalue weighted by Gasteiger charge is 2.28. The van der Waals surface area contributed by atoms with E-state index in [-0.39, 0.29) is 49.2 Å². The molecule has 0 unspecified atom stereocenters. The lowest BCUT2D eigenvalue weighted by atomic mass is 10.1. The minimum absolute atomic E-state index is 0.112.